The van der Waals surface area contributed by atoms with Crippen molar-refractivity contribution < 1.29 is 29.0 Å². The molecule has 0 bridgehead atoms. The second-order valence-electron chi connectivity index (χ2n) is 7.65. The molecule has 0 saturated carbocycles. The number of aliphatic hydroxyl groups excluding tert-OH is 1. The van der Waals surface area contributed by atoms with Gasteiger partial charge in [0.15, 0.2) is 0 Å². The number of ether oxygens (including phenoxy) is 2. The summed E-state index contributed by atoms with van der Waals surface area (Å²) in [7, 11) is 1.50. The van der Waals surface area contributed by atoms with Gasteiger partial charge < -0.3 is 29.7 Å². The van der Waals surface area contributed by atoms with Crippen LogP contribution in [0.3, 0.4) is 0 Å². The van der Waals surface area contributed by atoms with Crippen LogP contribution in [0.4, 0.5) is 4.79 Å². The fourth-order valence-electron chi connectivity index (χ4n) is 3.54. The Morgan fingerprint density at radius 2 is 1.73 bits per heavy atom. The molecule has 0 radical (unpaired) electrons. The molecule has 0 aliphatic carbocycles. The molecule has 2 N–H and O–H groups in total. The van der Waals surface area contributed by atoms with E-state index < -0.39 is 30.6 Å². The van der Waals surface area contributed by atoms with E-state index in [4.69, 9.17) is 9.47 Å². The van der Waals surface area contributed by atoms with Crippen molar-refractivity contribution in [3.63, 3.8) is 0 Å². The van der Waals surface area contributed by atoms with Crippen molar-refractivity contribution >= 4 is 17.9 Å². The lowest BCUT2D eigenvalue weighted by atomic mass is 10.1. The van der Waals surface area contributed by atoms with Gasteiger partial charge in [-0.15, -0.1) is 0 Å². The summed E-state index contributed by atoms with van der Waals surface area (Å²) >= 11 is 0. The molecule has 33 heavy (non-hydrogen) atoms. The van der Waals surface area contributed by atoms with E-state index >= 15 is 0 Å². The normalized spacial score (nSPS) is 14.7. The summed E-state index contributed by atoms with van der Waals surface area (Å²) in [6, 6.07) is 14.9. The number of carbonyl (C=O) groups is 3. The van der Waals surface area contributed by atoms with Gasteiger partial charge in [-0.3, -0.25) is 9.59 Å². The standard InChI is InChI=1S/C24H29N3O6/c1-32-20-10-5-9-19(15-20)22(29)25-21(16-28)23(30)26-11-6-12-27(14-13-26)24(31)33-17-18-7-3-2-4-8-18/h2-5,7-10,15,21,28H,6,11-14,16-17H2,1H3,(H,25,29). The van der Waals surface area contributed by atoms with Gasteiger partial charge in [-0.1, -0.05) is 36.4 Å². The first-order chi connectivity index (χ1) is 16.0. The van der Waals surface area contributed by atoms with Crippen LogP contribution < -0.4 is 10.1 Å². The maximum atomic E-state index is 13.0. The summed E-state index contributed by atoms with van der Waals surface area (Å²) in [6.07, 6.45) is 0.131. The third-order valence-corrected chi connectivity index (χ3v) is 5.39. The third kappa shape index (κ3) is 6.69. The van der Waals surface area contributed by atoms with Gasteiger partial charge in [0.05, 0.1) is 13.7 Å². The Balaban J connectivity index is 1.53. The fraction of sp³-hybridized carbons (Fsp3) is 0.375. The summed E-state index contributed by atoms with van der Waals surface area (Å²) in [6.45, 7) is 1.10. The van der Waals surface area contributed by atoms with Crippen LogP contribution in [0, 0.1) is 0 Å². The molecule has 2 aromatic carbocycles. The highest BCUT2D eigenvalue weighted by atomic mass is 16.6. The number of methoxy groups -OCH3 is 1. The minimum Gasteiger partial charge on any atom is -0.497 e. The number of benzene rings is 2. The fourth-order valence-corrected chi connectivity index (χ4v) is 3.54. The minimum atomic E-state index is -1.08. The summed E-state index contributed by atoms with van der Waals surface area (Å²) in [4.78, 5) is 41.1. The third-order valence-electron chi connectivity index (χ3n) is 5.39. The van der Waals surface area contributed by atoms with Crippen LogP contribution in [0.2, 0.25) is 0 Å². The van der Waals surface area contributed by atoms with E-state index in [1.807, 2.05) is 30.3 Å². The predicted molar refractivity (Wildman–Crippen MR) is 121 cm³/mol. The summed E-state index contributed by atoms with van der Waals surface area (Å²) < 4.78 is 10.5. The Morgan fingerprint density at radius 1 is 1.00 bits per heavy atom. The molecule has 1 unspecified atom stereocenters. The highest BCUT2D eigenvalue weighted by Crippen LogP contribution is 2.13. The largest absolute Gasteiger partial charge is 0.497 e. The van der Waals surface area contributed by atoms with Gasteiger partial charge in [0.1, 0.15) is 18.4 Å². The Kier molecular flexibility index (Phi) is 8.65. The Labute approximate surface area is 192 Å². The maximum absolute atomic E-state index is 13.0. The first kappa shape index (κ1) is 24.1. The molecule has 1 fully saturated rings. The highest BCUT2D eigenvalue weighted by molar-refractivity contribution is 5.97. The molecular weight excluding hydrogens is 426 g/mol. The van der Waals surface area contributed by atoms with Gasteiger partial charge in [0.2, 0.25) is 5.91 Å². The quantitative estimate of drug-likeness (QED) is 0.657. The monoisotopic (exact) mass is 455 g/mol. The molecular formula is C24H29N3O6. The van der Waals surface area contributed by atoms with Crippen LogP contribution in [0.1, 0.15) is 22.3 Å². The molecule has 176 valence electrons. The van der Waals surface area contributed by atoms with Crippen LogP contribution >= 0.6 is 0 Å². The zero-order chi connectivity index (χ0) is 23.6. The topological polar surface area (TPSA) is 108 Å². The SMILES string of the molecule is COc1cccc(C(=O)NC(CO)C(=O)N2CCCN(C(=O)OCc3ccccc3)CC2)c1. The second kappa shape index (κ2) is 11.9. The van der Waals surface area contributed by atoms with Gasteiger partial charge in [0, 0.05) is 31.7 Å². The predicted octanol–water partition coefficient (Wildman–Crippen LogP) is 1.66. The van der Waals surface area contributed by atoms with Crippen molar-refractivity contribution in [2.75, 3.05) is 39.9 Å². The van der Waals surface area contributed by atoms with Gasteiger partial charge in [0.25, 0.3) is 5.91 Å². The highest BCUT2D eigenvalue weighted by Gasteiger charge is 2.29. The molecule has 3 amide bonds. The molecule has 0 spiro atoms. The minimum absolute atomic E-state index is 0.182. The van der Waals surface area contributed by atoms with Crippen molar-refractivity contribution in [3.8, 4) is 5.75 Å². The van der Waals surface area contributed by atoms with Crippen LogP contribution in [0.5, 0.6) is 5.75 Å². The van der Waals surface area contributed by atoms with E-state index in [1.165, 1.54) is 7.11 Å². The van der Waals surface area contributed by atoms with Crippen molar-refractivity contribution in [3.05, 3.63) is 65.7 Å². The van der Waals surface area contributed by atoms with Crippen LogP contribution in [-0.2, 0) is 16.1 Å². The van der Waals surface area contributed by atoms with Crippen LogP contribution in [0.25, 0.3) is 0 Å². The summed E-state index contributed by atoms with van der Waals surface area (Å²) in [5, 5.41) is 12.3. The molecule has 0 aromatic heterocycles. The lowest BCUT2D eigenvalue weighted by Crippen LogP contribution is -2.51. The number of rotatable bonds is 7. The van der Waals surface area contributed by atoms with Gasteiger partial charge in [-0.2, -0.15) is 0 Å². The molecule has 2 aromatic rings. The van der Waals surface area contributed by atoms with Gasteiger partial charge >= 0.3 is 6.09 Å². The first-order valence-corrected chi connectivity index (χ1v) is 10.8. The Morgan fingerprint density at radius 3 is 2.45 bits per heavy atom. The van der Waals surface area contributed by atoms with E-state index in [0.717, 1.165) is 5.56 Å². The second-order valence-corrected chi connectivity index (χ2v) is 7.65. The van der Waals surface area contributed by atoms with Crippen LogP contribution in [0.15, 0.2) is 54.6 Å². The van der Waals surface area contributed by atoms with E-state index in [2.05, 4.69) is 5.32 Å². The molecule has 1 saturated heterocycles. The molecule has 9 heteroatoms. The molecule has 9 nitrogen and oxygen atoms in total. The maximum Gasteiger partial charge on any atom is 0.410 e. The lowest BCUT2D eigenvalue weighted by Gasteiger charge is -2.26. The van der Waals surface area contributed by atoms with E-state index in [1.54, 1.807) is 34.1 Å². The number of nitrogens with zero attached hydrogens (tertiary/aromatic N) is 2. The van der Waals surface area contributed by atoms with E-state index in [0.29, 0.717) is 37.4 Å². The van der Waals surface area contributed by atoms with Gasteiger partial charge in [-0.05, 0) is 30.2 Å². The summed E-state index contributed by atoms with van der Waals surface area (Å²) in [5.74, 6) is -0.364. The lowest BCUT2D eigenvalue weighted by molar-refractivity contribution is -0.134. The smallest absolute Gasteiger partial charge is 0.410 e. The molecule has 3 rings (SSSR count). The Bertz CT molecular complexity index is 952. The summed E-state index contributed by atoms with van der Waals surface area (Å²) in [5.41, 5.74) is 1.22. The zero-order valence-electron chi connectivity index (χ0n) is 18.6. The Hall–Kier alpha value is -3.59. The zero-order valence-corrected chi connectivity index (χ0v) is 18.6. The first-order valence-electron chi connectivity index (χ1n) is 10.8. The molecule has 1 heterocycles. The van der Waals surface area contributed by atoms with Crippen LogP contribution in [-0.4, -0.2) is 78.8 Å². The molecule has 1 aliphatic rings. The number of amides is 3. The average Bonchev–Trinajstić information content (AvgIpc) is 3.12. The number of hydrogen-bond donors (Lipinski definition) is 2. The number of nitrogens with one attached hydrogen (secondary N) is 1. The van der Waals surface area contributed by atoms with E-state index in [-0.39, 0.29) is 13.2 Å². The van der Waals surface area contributed by atoms with Crippen molar-refractivity contribution in [1.82, 2.24) is 15.1 Å². The van der Waals surface area contributed by atoms with Crippen molar-refractivity contribution in [2.45, 2.75) is 19.1 Å². The van der Waals surface area contributed by atoms with Crippen molar-refractivity contribution in [1.29, 1.82) is 0 Å². The van der Waals surface area contributed by atoms with E-state index in [9.17, 15) is 19.5 Å². The van der Waals surface area contributed by atoms with Crippen molar-refractivity contribution in [2.24, 2.45) is 0 Å². The molecule has 1 aliphatic heterocycles. The number of aliphatic hydroxyl groups is 1. The van der Waals surface area contributed by atoms with Gasteiger partial charge in [-0.25, -0.2) is 4.79 Å². The number of hydrogen-bond acceptors (Lipinski definition) is 6. The average molecular weight is 456 g/mol. The molecule has 1 atom stereocenters. The number of carbonyl (C=O) groups excluding carboxylic acids is 3.